The number of aromatic nitrogens is 5. The molecule has 90 valence electrons. The number of nitrogens with zero attached hydrogens (tertiary/aromatic N) is 5. The smallest absolute Gasteiger partial charge is 0.143 e. The summed E-state index contributed by atoms with van der Waals surface area (Å²) in [5.41, 5.74) is 4.73. The topological polar surface area (TPSA) is 68.5 Å². The summed E-state index contributed by atoms with van der Waals surface area (Å²) in [5, 5.41) is 16.5. The van der Waals surface area contributed by atoms with Crippen LogP contribution in [0.1, 0.15) is 5.69 Å². The molecule has 0 aliphatic heterocycles. The number of hydrogen-bond donors (Lipinski definition) is 1. The Bertz CT molecular complexity index is 604. The highest BCUT2D eigenvalue weighted by Gasteiger charge is 2.05. The molecule has 0 aliphatic carbocycles. The Morgan fingerprint density at radius 2 is 2.22 bits per heavy atom. The predicted molar refractivity (Wildman–Crippen MR) is 68.6 cm³/mol. The van der Waals surface area contributed by atoms with Crippen LogP contribution < -0.4 is 5.32 Å². The van der Waals surface area contributed by atoms with Crippen molar-refractivity contribution in [1.82, 2.24) is 25.2 Å². The van der Waals surface area contributed by atoms with Crippen molar-refractivity contribution in [3.63, 3.8) is 0 Å². The Morgan fingerprint density at radius 3 is 3.00 bits per heavy atom. The Kier molecular flexibility index (Phi) is 2.97. The molecule has 2 aromatic heterocycles. The Balaban J connectivity index is 1.84. The molecule has 2 heterocycles. The fourth-order valence-corrected chi connectivity index (χ4v) is 2.16. The number of rotatable bonds is 4. The molecular weight excluding hydrogens is 248 g/mol. The lowest BCUT2D eigenvalue weighted by Crippen LogP contribution is -2.05. The van der Waals surface area contributed by atoms with Crippen molar-refractivity contribution in [2.45, 2.75) is 6.54 Å². The second kappa shape index (κ2) is 4.92. The van der Waals surface area contributed by atoms with E-state index in [0.717, 1.165) is 17.1 Å². The summed E-state index contributed by atoms with van der Waals surface area (Å²) < 4.78 is 1.63. The van der Waals surface area contributed by atoms with E-state index in [2.05, 4.69) is 25.8 Å². The molecule has 0 saturated carbocycles. The van der Waals surface area contributed by atoms with Gasteiger partial charge in [0.1, 0.15) is 6.33 Å². The minimum Gasteiger partial charge on any atom is -0.378 e. The van der Waals surface area contributed by atoms with Crippen molar-refractivity contribution in [2.75, 3.05) is 5.32 Å². The SMILES string of the molecule is c1ccc(-n2cnnn2)c(NCc2cscn2)c1. The number of benzene rings is 1. The third-order valence-corrected chi connectivity index (χ3v) is 3.08. The van der Waals surface area contributed by atoms with Gasteiger partial charge in [0.15, 0.2) is 0 Å². The number of tetrazole rings is 1. The van der Waals surface area contributed by atoms with Crippen molar-refractivity contribution in [3.05, 3.63) is 47.2 Å². The fraction of sp³-hybridized carbons (Fsp3) is 0.0909. The van der Waals surface area contributed by atoms with E-state index in [1.54, 1.807) is 22.3 Å². The summed E-state index contributed by atoms with van der Waals surface area (Å²) in [6, 6.07) is 7.87. The van der Waals surface area contributed by atoms with E-state index in [-0.39, 0.29) is 0 Å². The second-order valence-corrected chi connectivity index (χ2v) is 4.32. The lowest BCUT2D eigenvalue weighted by atomic mass is 10.2. The maximum absolute atomic E-state index is 4.23. The van der Waals surface area contributed by atoms with Gasteiger partial charge in [-0.1, -0.05) is 12.1 Å². The average molecular weight is 258 g/mol. The number of nitrogens with one attached hydrogen (secondary N) is 1. The summed E-state index contributed by atoms with van der Waals surface area (Å²) in [5.74, 6) is 0. The molecule has 0 spiro atoms. The van der Waals surface area contributed by atoms with E-state index >= 15 is 0 Å². The van der Waals surface area contributed by atoms with Gasteiger partial charge < -0.3 is 5.32 Å². The van der Waals surface area contributed by atoms with E-state index in [4.69, 9.17) is 0 Å². The number of thiazole rings is 1. The Hall–Kier alpha value is -2.28. The number of para-hydroxylation sites is 2. The zero-order valence-electron chi connectivity index (χ0n) is 9.39. The Labute approximate surface area is 107 Å². The van der Waals surface area contributed by atoms with E-state index in [9.17, 15) is 0 Å². The molecule has 0 unspecified atom stereocenters. The van der Waals surface area contributed by atoms with Gasteiger partial charge in [0.2, 0.25) is 0 Å². The molecule has 0 saturated heterocycles. The van der Waals surface area contributed by atoms with Crippen LogP contribution in [0.5, 0.6) is 0 Å². The zero-order chi connectivity index (χ0) is 12.2. The van der Waals surface area contributed by atoms with Gasteiger partial charge in [0, 0.05) is 5.38 Å². The standard InChI is InChI=1S/C11H10N6S/c1-2-4-11(17-7-14-15-16-17)10(3-1)12-5-9-6-18-8-13-9/h1-4,6-8,12H,5H2. The summed E-state index contributed by atoms with van der Waals surface area (Å²) >= 11 is 1.59. The third-order valence-electron chi connectivity index (χ3n) is 2.44. The van der Waals surface area contributed by atoms with Crippen LogP contribution in [0.4, 0.5) is 5.69 Å². The molecule has 1 N–H and O–H groups in total. The average Bonchev–Trinajstić information content (AvgIpc) is 3.10. The van der Waals surface area contributed by atoms with Gasteiger partial charge in [-0.05, 0) is 22.6 Å². The van der Waals surface area contributed by atoms with Gasteiger partial charge in [-0.15, -0.1) is 16.4 Å². The van der Waals surface area contributed by atoms with Crippen molar-refractivity contribution in [3.8, 4) is 5.69 Å². The quantitative estimate of drug-likeness (QED) is 0.772. The maximum atomic E-state index is 4.23. The molecule has 0 aliphatic rings. The van der Waals surface area contributed by atoms with Gasteiger partial charge in [-0.3, -0.25) is 0 Å². The van der Waals surface area contributed by atoms with E-state index in [1.165, 1.54) is 0 Å². The zero-order valence-corrected chi connectivity index (χ0v) is 10.2. The van der Waals surface area contributed by atoms with E-state index < -0.39 is 0 Å². The van der Waals surface area contributed by atoms with Crippen molar-refractivity contribution < 1.29 is 0 Å². The van der Waals surface area contributed by atoms with Gasteiger partial charge in [0.05, 0.1) is 29.1 Å². The molecule has 0 fully saturated rings. The fourth-order valence-electron chi connectivity index (χ4n) is 1.61. The van der Waals surface area contributed by atoms with Crippen molar-refractivity contribution >= 4 is 17.0 Å². The van der Waals surface area contributed by atoms with Gasteiger partial charge >= 0.3 is 0 Å². The summed E-state index contributed by atoms with van der Waals surface area (Å²) in [4.78, 5) is 4.23. The number of hydrogen-bond acceptors (Lipinski definition) is 6. The Morgan fingerprint density at radius 1 is 1.28 bits per heavy atom. The minimum absolute atomic E-state index is 0.683. The molecular formula is C11H10N6S. The molecule has 3 aromatic rings. The van der Waals surface area contributed by atoms with Gasteiger partial charge in [-0.2, -0.15) is 4.68 Å². The lowest BCUT2D eigenvalue weighted by molar-refractivity contribution is 0.789. The first-order valence-electron chi connectivity index (χ1n) is 5.37. The first kappa shape index (κ1) is 10.8. The third kappa shape index (κ3) is 2.21. The van der Waals surface area contributed by atoms with Crippen LogP contribution in [0.25, 0.3) is 5.69 Å². The van der Waals surface area contributed by atoms with E-state index in [0.29, 0.717) is 6.54 Å². The van der Waals surface area contributed by atoms with Crippen molar-refractivity contribution in [2.24, 2.45) is 0 Å². The van der Waals surface area contributed by atoms with Crippen LogP contribution >= 0.6 is 11.3 Å². The minimum atomic E-state index is 0.683. The first-order valence-corrected chi connectivity index (χ1v) is 6.31. The molecule has 7 heteroatoms. The van der Waals surface area contributed by atoms with Crippen LogP contribution in [0.2, 0.25) is 0 Å². The molecule has 0 atom stereocenters. The molecule has 0 bridgehead atoms. The summed E-state index contributed by atoms with van der Waals surface area (Å²) in [7, 11) is 0. The van der Waals surface area contributed by atoms with Gasteiger partial charge in [0.25, 0.3) is 0 Å². The van der Waals surface area contributed by atoms with Crippen molar-refractivity contribution in [1.29, 1.82) is 0 Å². The predicted octanol–water partition coefficient (Wildman–Crippen LogP) is 1.73. The maximum Gasteiger partial charge on any atom is 0.143 e. The van der Waals surface area contributed by atoms with E-state index in [1.807, 2.05) is 35.2 Å². The lowest BCUT2D eigenvalue weighted by Gasteiger charge is -2.09. The molecule has 18 heavy (non-hydrogen) atoms. The second-order valence-electron chi connectivity index (χ2n) is 3.60. The van der Waals surface area contributed by atoms with Crippen LogP contribution in [0, 0.1) is 0 Å². The molecule has 6 nitrogen and oxygen atoms in total. The molecule has 0 radical (unpaired) electrons. The molecule has 1 aromatic carbocycles. The normalized spacial score (nSPS) is 10.4. The summed E-state index contributed by atoms with van der Waals surface area (Å²) in [6.07, 6.45) is 1.57. The monoisotopic (exact) mass is 258 g/mol. The molecule has 0 amide bonds. The highest BCUT2D eigenvalue weighted by atomic mass is 32.1. The first-order chi connectivity index (χ1) is 8.93. The highest BCUT2D eigenvalue weighted by Crippen LogP contribution is 2.19. The van der Waals surface area contributed by atoms with Crippen LogP contribution in [-0.4, -0.2) is 25.2 Å². The molecule has 3 rings (SSSR count). The highest BCUT2D eigenvalue weighted by molar-refractivity contribution is 7.07. The number of anilines is 1. The van der Waals surface area contributed by atoms with Crippen LogP contribution in [0.15, 0.2) is 41.5 Å². The largest absolute Gasteiger partial charge is 0.378 e. The summed E-state index contributed by atoms with van der Waals surface area (Å²) in [6.45, 7) is 0.683. The van der Waals surface area contributed by atoms with Gasteiger partial charge in [-0.25, -0.2) is 4.98 Å². The van der Waals surface area contributed by atoms with Crippen LogP contribution in [-0.2, 0) is 6.54 Å². The van der Waals surface area contributed by atoms with Crippen LogP contribution in [0.3, 0.4) is 0 Å².